The van der Waals surface area contributed by atoms with Crippen LogP contribution in [-0.4, -0.2) is 8.42 Å². The highest BCUT2D eigenvalue weighted by Gasteiger charge is 2.27. The Balaban J connectivity index is 2.19. The SMILES string of the molecule is Cc1cccc(C)c1N(Cc1ccccc1Cl)S(=O)(=O)c1ccccc1. The van der Waals surface area contributed by atoms with E-state index in [1.54, 1.807) is 36.4 Å². The molecule has 26 heavy (non-hydrogen) atoms. The summed E-state index contributed by atoms with van der Waals surface area (Å²) in [5.74, 6) is 0. The van der Waals surface area contributed by atoms with Crippen LogP contribution in [-0.2, 0) is 16.6 Å². The van der Waals surface area contributed by atoms with Gasteiger partial charge in [0, 0.05) is 5.02 Å². The molecule has 0 aliphatic rings. The Kier molecular flexibility index (Phi) is 5.35. The van der Waals surface area contributed by atoms with Crippen molar-refractivity contribution in [3.63, 3.8) is 0 Å². The van der Waals surface area contributed by atoms with Crippen molar-refractivity contribution in [1.29, 1.82) is 0 Å². The molecule has 0 saturated carbocycles. The van der Waals surface area contributed by atoms with Crippen molar-refractivity contribution in [3.8, 4) is 0 Å². The van der Waals surface area contributed by atoms with Gasteiger partial charge in [0.05, 0.1) is 17.1 Å². The van der Waals surface area contributed by atoms with Crippen LogP contribution in [0.15, 0.2) is 77.7 Å². The summed E-state index contributed by atoms with van der Waals surface area (Å²) in [6.45, 7) is 4.01. The molecule has 3 aromatic rings. The summed E-state index contributed by atoms with van der Waals surface area (Å²) < 4.78 is 28.3. The van der Waals surface area contributed by atoms with E-state index >= 15 is 0 Å². The lowest BCUT2D eigenvalue weighted by atomic mass is 10.1. The number of aryl methyl sites for hydroxylation is 2. The molecule has 134 valence electrons. The normalized spacial score (nSPS) is 11.3. The van der Waals surface area contributed by atoms with Crippen molar-refractivity contribution in [2.45, 2.75) is 25.3 Å². The Hall–Kier alpha value is -2.30. The molecule has 3 nitrogen and oxygen atoms in total. The van der Waals surface area contributed by atoms with Crippen LogP contribution in [0.3, 0.4) is 0 Å². The van der Waals surface area contributed by atoms with Crippen LogP contribution in [0.4, 0.5) is 5.69 Å². The minimum atomic E-state index is -3.74. The Morgan fingerprint density at radius 1 is 0.808 bits per heavy atom. The van der Waals surface area contributed by atoms with Crippen LogP contribution in [0, 0.1) is 13.8 Å². The number of rotatable bonds is 5. The molecule has 0 aliphatic heterocycles. The maximum absolute atomic E-state index is 13.4. The zero-order chi connectivity index (χ0) is 18.7. The summed E-state index contributed by atoms with van der Waals surface area (Å²) in [5.41, 5.74) is 3.25. The van der Waals surface area contributed by atoms with E-state index in [-0.39, 0.29) is 11.4 Å². The van der Waals surface area contributed by atoms with Gasteiger partial charge >= 0.3 is 0 Å². The van der Waals surface area contributed by atoms with E-state index in [4.69, 9.17) is 11.6 Å². The molecule has 3 aromatic carbocycles. The number of hydrogen-bond acceptors (Lipinski definition) is 2. The Bertz CT molecular complexity index is 997. The summed E-state index contributed by atoms with van der Waals surface area (Å²) in [6.07, 6.45) is 0. The van der Waals surface area contributed by atoms with Crippen molar-refractivity contribution < 1.29 is 8.42 Å². The molecule has 0 atom stereocenters. The summed E-state index contributed by atoms with van der Waals surface area (Å²) in [6, 6.07) is 21.6. The molecule has 3 rings (SSSR count). The van der Waals surface area contributed by atoms with Crippen LogP contribution in [0.5, 0.6) is 0 Å². The number of nitrogens with zero attached hydrogens (tertiary/aromatic N) is 1. The van der Waals surface area contributed by atoms with E-state index in [2.05, 4.69) is 0 Å². The lowest BCUT2D eigenvalue weighted by Crippen LogP contribution is -2.32. The Morgan fingerprint density at radius 3 is 2.00 bits per heavy atom. The second-order valence-corrected chi connectivity index (χ2v) is 8.43. The van der Waals surface area contributed by atoms with Gasteiger partial charge in [-0.3, -0.25) is 4.31 Å². The van der Waals surface area contributed by atoms with Gasteiger partial charge in [0.25, 0.3) is 10.0 Å². The Morgan fingerprint density at radius 2 is 1.38 bits per heavy atom. The van der Waals surface area contributed by atoms with Crippen molar-refractivity contribution in [2.24, 2.45) is 0 Å². The number of hydrogen-bond donors (Lipinski definition) is 0. The van der Waals surface area contributed by atoms with Crippen LogP contribution in [0.1, 0.15) is 16.7 Å². The van der Waals surface area contributed by atoms with Gasteiger partial charge < -0.3 is 0 Å². The maximum Gasteiger partial charge on any atom is 0.264 e. The quantitative estimate of drug-likeness (QED) is 0.593. The van der Waals surface area contributed by atoms with Crippen LogP contribution < -0.4 is 4.31 Å². The van der Waals surface area contributed by atoms with E-state index in [1.807, 2.05) is 50.2 Å². The molecule has 0 bridgehead atoms. The average molecular weight is 386 g/mol. The number of para-hydroxylation sites is 1. The van der Waals surface area contributed by atoms with E-state index in [0.717, 1.165) is 16.7 Å². The predicted octanol–water partition coefficient (Wildman–Crippen LogP) is 5.35. The van der Waals surface area contributed by atoms with Crippen molar-refractivity contribution in [1.82, 2.24) is 0 Å². The summed E-state index contributed by atoms with van der Waals surface area (Å²) >= 11 is 6.31. The number of benzene rings is 3. The summed E-state index contributed by atoms with van der Waals surface area (Å²) in [5, 5.41) is 0.548. The van der Waals surface area contributed by atoms with E-state index in [0.29, 0.717) is 10.7 Å². The average Bonchev–Trinajstić information content (AvgIpc) is 2.63. The van der Waals surface area contributed by atoms with Gasteiger partial charge in [-0.1, -0.05) is 66.2 Å². The fourth-order valence-electron chi connectivity index (χ4n) is 2.98. The zero-order valence-corrected chi connectivity index (χ0v) is 16.3. The fraction of sp³-hybridized carbons (Fsp3) is 0.143. The smallest absolute Gasteiger partial charge is 0.261 e. The lowest BCUT2D eigenvalue weighted by molar-refractivity contribution is 0.590. The van der Waals surface area contributed by atoms with Crippen molar-refractivity contribution in [2.75, 3.05) is 4.31 Å². The molecule has 0 N–H and O–H groups in total. The largest absolute Gasteiger partial charge is 0.264 e. The van der Waals surface area contributed by atoms with Crippen LogP contribution in [0.2, 0.25) is 5.02 Å². The highest BCUT2D eigenvalue weighted by molar-refractivity contribution is 7.92. The molecule has 5 heteroatoms. The third-order valence-corrected chi connectivity index (χ3v) is 6.42. The van der Waals surface area contributed by atoms with E-state index in [9.17, 15) is 8.42 Å². The number of anilines is 1. The van der Waals surface area contributed by atoms with Crippen LogP contribution in [0.25, 0.3) is 0 Å². The minimum absolute atomic E-state index is 0.169. The molecule has 0 heterocycles. The molecule has 0 saturated heterocycles. The number of halogens is 1. The van der Waals surface area contributed by atoms with Crippen LogP contribution >= 0.6 is 11.6 Å². The van der Waals surface area contributed by atoms with E-state index < -0.39 is 10.0 Å². The monoisotopic (exact) mass is 385 g/mol. The fourth-order valence-corrected chi connectivity index (χ4v) is 4.77. The number of sulfonamides is 1. The van der Waals surface area contributed by atoms with Crippen molar-refractivity contribution in [3.05, 3.63) is 94.5 Å². The molecular weight excluding hydrogens is 366 g/mol. The van der Waals surface area contributed by atoms with Crippen molar-refractivity contribution >= 4 is 27.3 Å². The lowest BCUT2D eigenvalue weighted by Gasteiger charge is -2.28. The standard InChI is InChI=1S/C21H20ClNO2S/c1-16-9-8-10-17(2)21(16)23(15-18-11-6-7-14-20(18)22)26(24,25)19-12-4-3-5-13-19/h3-14H,15H2,1-2H3. The molecule has 0 radical (unpaired) electrons. The van der Waals surface area contributed by atoms with Gasteiger partial charge in [-0.15, -0.1) is 0 Å². The Labute approximate surface area is 159 Å². The van der Waals surface area contributed by atoms with E-state index in [1.165, 1.54) is 4.31 Å². The second-order valence-electron chi connectivity index (χ2n) is 6.16. The van der Waals surface area contributed by atoms with Gasteiger partial charge in [-0.25, -0.2) is 8.42 Å². The highest BCUT2D eigenvalue weighted by Crippen LogP contribution is 2.32. The van der Waals surface area contributed by atoms with Gasteiger partial charge in [-0.2, -0.15) is 0 Å². The summed E-state index contributed by atoms with van der Waals surface area (Å²) in [7, 11) is -3.74. The molecule has 0 aliphatic carbocycles. The first kappa shape index (κ1) is 18.5. The molecule has 0 unspecified atom stereocenters. The first-order valence-electron chi connectivity index (χ1n) is 8.28. The molecular formula is C21H20ClNO2S. The van der Waals surface area contributed by atoms with Gasteiger partial charge in [0.2, 0.25) is 0 Å². The third-order valence-electron chi connectivity index (χ3n) is 4.29. The van der Waals surface area contributed by atoms with Gasteiger partial charge in [-0.05, 0) is 48.7 Å². The maximum atomic E-state index is 13.4. The highest BCUT2D eigenvalue weighted by atomic mass is 35.5. The molecule has 0 spiro atoms. The third kappa shape index (κ3) is 3.62. The summed E-state index contributed by atoms with van der Waals surface area (Å²) in [4.78, 5) is 0.259. The first-order valence-corrected chi connectivity index (χ1v) is 10.1. The minimum Gasteiger partial charge on any atom is -0.261 e. The molecule has 0 fully saturated rings. The first-order chi connectivity index (χ1) is 12.4. The topological polar surface area (TPSA) is 37.4 Å². The van der Waals surface area contributed by atoms with Gasteiger partial charge in [0.1, 0.15) is 0 Å². The van der Waals surface area contributed by atoms with Gasteiger partial charge in [0.15, 0.2) is 0 Å². The predicted molar refractivity (Wildman–Crippen MR) is 107 cm³/mol. The second kappa shape index (κ2) is 7.52. The zero-order valence-electron chi connectivity index (χ0n) is 14.7. The molecule has 0 amide bonds. The molecule has 0 aromatic heterocycles.